The zero-order valence-corrected chi connectivity index (χ0v) is 21.3. The molecular weight excluding hydrogens is 442 g/mol. The predicted octanol–water partition coefficient (Wildman–Crippen LogP) is 4.18. The average Bonchev–Trinajstić information content (AvgIpc) is 2.79. The van der Waals surface area contributed by atoms with Gasteiger partial charge in [-0.15, -0.1) is 6.42 Å². The van der Waals surface area contributed by atoms with Crippen LogP contribution in [0.1, 0.15) is 64.3 Å². The molecule has 35 heavy (non-hydrogen) atoms. The lowest BCUT2D eigenvalue weighted by molar-refractivity contribution is -0.144. The minimum absolute atomic E-state index is 0.310. The van der Waals surface area contributed by atoms with E-state index in [1.54, 1.807) is 52.0 Å². The van der Waals surface area contributed by atoms with Crippen molar-refractivity contribution in [3.63, 3.8) is 0 Å². The summed E-state index contributed by atoms with van der Waals surface area (Å²) >= 11 is 0. The summed E-state index contributed by atoms with van der Waals surface area (Å²) in [5, 5.41) is 5.52. The van der Waals surface area contributed by atoms with Gasteiger partial charge in [0.1, 0.15) is 17.7 Å². The van der Waals surface area contributed by atoms with Crippen molar-refractivity contribution < 1.29 is 19.1 Å². The van der Waals surface area contributed by atoms with E-state index in [0.29, 0.717) is 17.7 Å². The molecule has 7 heteroatoms. The number of carbonyl (C=O) groups excluding carboxylic acids is 3. The number of hydrogen-bond acceptors (Lipinski definition) is 4. The number of carbonyl (C=O) groups is 3. The lowest BCUT2D eigenvalue weighted by atomic mass is 10.00. The first-order valence-corrected chi connectivity index (χ1v) is 11.6. The van der Waals surface area contributed by atoms with Gasteiger partial charge in [-0.3, -0.25) is 9.59 Å². The standard InChI is InChI=1S/C28H35N3O4/c1-8-21-14-16-23(17-15-21)24(25(32)29-18-22-12-10-9-11-13-22)31(19(2)3)26(33)20(4)30-27(34)35-28(5,6)7/h1,9-17,19-20,24H,18H2,2-7H3,(H,29,32)(H,30,34). The quantitative estimate of drug-likeness (QED) is 0.559. The van der Waals surface area contributed by atoms with Crippen molar-refractivity contribution in [3.8, 4) is 12.3 Å². The number of hydrogen-bond donors (Lipinski definition) is 2. The summed E-state index contributed by atoms with van der Waals surface area (Å²) in [6, 6.07) is 14.3. The van der Waals surface area contributed by atoms with Gasteiger partial charge in [-0.1, -0.05) is 48.4 Å². The van der Waals surface area contributed by atoms with E-state index < -0.39 is 29.7 Å². The molecule has 7 nitrogen and oxygen atoms in total. The predicted molar refractivity (Wildman–Crippen MR) is 136 cm³/mol. The number of nitrogens with zero attached hydrogens (tertiary/aromatic N) is 1. The molecule has 3 amide bonds. The zero-order chi connectivity index (χ0) is 26.2. The molecule has 0 spiro atoms. The molecule has 2 N–H and O–H groups in total. The normalized spacial score (nSPS) is 12.7. The monoisotopic (exact) mass is 477 g/mol. The maximum Gasteiger partial charge on any atom is 0.408 e. The smallest absolute Gasteiger partial charge is 0.408 e. The van der Waals surface area contributed by atoms with Crippen LogP contribution in [0.2, 0.25) is 0 Å². The Morgan fingerprint density at radius 3 is 2.11 bits per heavy atom. The molecular formula is C28H35N3O4. The Hall–Kier alpha value is -3.79. The summed E-state index contributed by atoms with van der Waals surface area (Å²) < 4.78 is 5.29. The Bertz CT molecular complexity index is 1050. The molecule has 0 radical (unpaired) electrons. The van der Waals surface area contributed by atoms with Crippen molar-refractivity contribution in [2.45, 2.75) is 71.8 Å². The summed E-state index contributed by atoms with van der Waals surface area (Å²) in [6.45, 7) is 10.8. The molecule has 2 atom stereocenters. The molecule has 0 saturated heterocycles. The van der Waals surface area contributed by atoms with E-state index in [1.165, 1.54) is 4.90 Å². The zero-order valence-electron chi connectivity index (χ0n) is 21.3. The maximum absolute atomic E-state index is 13.5. The molecule has 0 aromatic heterocycles. The van der Waals surface area contributed by atoms with Crippen molar-refractivity contribution in [2.24, 2.45) is 0 Å². The van der Waals surface area contributed by atoms with Gasteiger partial charge in [-0.2, -0.15) is 0 Å². The molecule has 0 heterocycles. The molecule has 186 valence electrons. The molecule has 2 rings (SSSR count). The van der Waals surface area contributed by atoms with Crippen LogP contribution in [-0.2, 0) is 20.9 Å². The van der Waals surface area contributed by atoms with E-state index in [1.807, 2.05) is 44.2 Å². The molecule has 2 aromatic carbocycles. The third-order valence-electron chi connectivity index (χ3n) is 5.14. The maximum atomic E-state index is 13.5. The van der Waals surface area contributed by atoms with Crippen LogP contribution in [-0.4, -0.2) is 40.5 Å². The highest BCUT2D eigenvalue weighted by atomic mass is 16.6. The first-order valence-electron chi connectivity index (χ1n) is 11.6. The van der Waals surface area contributed by atoms with E-state index in [9.17, 15) is 14.4 Å². The Kier molecular flexibility index (Phi) is 9.47. The molecule has 2 aromatic rings. The van der Waals surface area contributed by atoms with Crippen LogP contribution < -0.4 is 10.6 Å². The Balaban J connectivity index is 2.35. The number of rotatable bonds is 8. The Morgan fingerprint density at radius 1 is 1.00 bits per heavy atom. The van der Waals surface area contributed by atoms with Crippen molar-refractivity contribution in [2.75, 3.05) is 0 Å². The van der Waals surface area contributed by atoms with Crippen molar-refractivity contribution >= 4 is 17.9 Å². The number of terminal acetylenes is 1. The number of alkyl carbamates (subject to hydrolysis) is 1. The highest BCUT2D eigenvalue weighted by molar-refractivity contribution is 5.92. The number of benzene rings is 2. The summed E-state index contributed by atoms with van der Waals surface area (Å²) in [6.07, 6.45) is 4.78. The van der Waals surface area contributed by atoms with Crippen molar-refractivity contribution in [1.29, 1.82) is 0 Å². The first-order chi connectivity index (χ1) is 16.4. The van der Waals surface area contributed by atoms with Gasteiger partial charge in [0, 0.05) is 18.2 Å². The summed E-state index contributed by atoms with van der Waals surface area (Å²) in [5.41, 5.74) is 1.51. The van der Waals surface area contributed by atoms with Crippen LogP contribution in [0.3, 0.4) is 0 Å². The van der Waals surface area contributed by atoms with Gasteiger partial charge in [-0.25, -0.2) is 4.79 Å². The molecule has 0 saturated carbocycles. The second kappa shape index (κ2) is 12.1. The second-order valence-electron chi connectivity index (χ2n) is 9.58. The molecule has 2 unspecified atom stereocenters. The van der Waals surface area contributed by atoms with E-state index in [0.717, 1.165) is 5.56 Å². The second-order valence-corrected chi connectivity index (χ2v) is 9.58. The fraction of sp³-hybridized carbons (Fsp3) is 0.393. The van der Waals surface area contributed by atoms with E-state index in [4.69, 9.17) is 11.2 Å². The fourth-order valence-corrected chi connectivity index (χ4v) is 3.53. The molecule has 0 aliphatic rings. The van der Waals surface area contributed by atoms with E-state index in [2.05, 4.69) is 16.6 Å². The summed E-state index contributed by atoms with van der Waals surface area (Å²) in [4.78, 5) is 40.8. The largest absolute Gasteiger partial charge is 0.444 e. The number of ether oxygens (including phenoxy) is 1. The SMILES string of the molecule is C#Cc1ccc(C(C(=O)NCc2ccccc2)N(C(=O)C(C)NC(=O)OC(C)(C)C)C(C)C)cc1. The minimum atomic E-state index is -0.930. The van der Waals surface area contributed by atoms with Crippen LogP contribution >= 0.6 is 0 Å². The van der Waals surface area contributed by atoms with Crippen molar-refractivity contribution in [1.82, 2.24) is 15.5 Å². The van der Waals surface area contributed by atoms with Gasteiger partial charge in [0.2, 0.25) is 11.8 Å². The van der Waals surface area contributed by atoms with Crippen LogP contribution in [0.5, 0.6) is 0 Å². The Labute approximate surface area is 208 Å². The van der Waals surface area contributed by atoms with Gasteiger partial charge in [0.15, 0.2) is 0 Å². The van der Waals surface area contributed by atoms with Gasteiger partial charge in [0.05, 0.1) is 0 Å². The summed E-state index contributed by atoms with van der Waals surface area (Å²) in [5.74, 6) is 1.81. The van der Waals surface area contributed by atoms with Crippen molar-refractivity contribution in [3.05, 3.63) is 71.3 Å². The van der Waals surface area contributed by atoms with Gasteiger partial charge in [0.25, 0.3) is 0 Å². The van der Waals surface area contributed by atoms with Crippen LogP contribution in [0.15, 0.2) is 54.6 Å². The van der Waals surface area contributed by atoms with Gasteiger partial charge < -0.3 is 20.3 Å². The van der Waals surface area contributed by atoms with Gasteiger partial charge >= 0.3 is 6.09 Å². The lowest BCUT2D eigenvalue weighted by Gasteiger charge is -2.36. The van der Waals surface area contributed by atoms with Crippen LogP contribution in [0.25, 0.3) is 0 Å². The topological polar surface area (TPSA) is 87.7 Å². The molecule has 0 bridgehead atoms. The summed E-state index contributed by atoms with van der Waals surface area (Å²) in [7, 11) is 0. The average molecular weight is 478 g/mol. The van der Waals surface area contributed by atoms with E-state index in [-0.39, 0.29) is 11.9 Å². The van der Waals surface area contributed by atoms with Crippen LogP contribution in [0, 0.1) is 12.3 Å². The molecule has 0 aliphatic carbocycles. The third kappa shape index (κ3) is 8.18. The lowest BCUT2D eigenvalue weighted by Crippen LogP contribution is -2.54. The third-order valence-corrected chi connectivity index (χ3v) is 5.14. The number of amides is 3. The molecule has 0 fully saturated rings. The fourth-order valence-electron chi connectivity index (χ4n) is 3.53. The first kappa shape index (κ1) is 27.5. The Morgan fingerprint density at radius 2 is 1.60 bits per heavy atom. The number of nitrogens with one attached hydrogen (secondary N) is 2. The van der Waals surface area contributed by atoms with E-state index >= 15 is 0 Å². The minimum Gasteiger partial charge on any atom is -0.444 e. The highest BCUT2D eigenvalue weighted by Crippen LogP contribution is 2.25. The highest BCUT2D eigenvalue weighted by Gasteiger charge is 2.36. The van der Waals surface area contributed by atoms with Crippen LogP contribution in [0.4, 0.5) is 4.79 Å². The van der Waals surface area contributed by atoms with Gasteiger partial charge in [-0.05, 0) is 64.8 Å². The molecule has 0 aliphatic heterocycles.